The van der Waals surface area contributed by atoms with Gasteiger partial charge in [0.25, 0.3) is 0 Å². The van der Waals surface area contributed by atoms with Crippen LogP contribution in [0.15, 0.2) is 24.4 Å². The topological polar surface area (TPSA) is 79.9 Å². The number of alkyl halides is 3. The number of halogens is 4. The van der Waals surface area contributed by atoms with Crippen molar-refractivity contribution in [2.45, 2.75) is 51.6 Å². The first-order valence-electron chi connectivity index (χ1n) is 8.76. The molecule has 0 aliphatic rings. The van der Waals surface area contributed by atoms with Gasteiger partial charge in [0.2, 0.25) is 5.82 Å². The van der Waals surface area contributed by atoms with Crippen LogP contribution in [-0.2, 0) is 23.0 Å². The Kier molecular flexibility index (Phi) is 6.21. The number of rotatable bonds is 4. The number of nitriles is 1. The number of benzene rings is 1. The van der Waals surface area contributed by atoms with E-state index in [1.165, 1.54) is 19.1 Å². The van der Waals surface area contributed by atoms with Crippen LogP contribution in [0, 0.1) is 17.1 Å². The van der Waals surface area contributed by atoms with E-state index in [9.17, 15) is 27.6 Å². The molecule has 2 radical (unpaired) electrons. The minimum atomic E-state index is -4.78. The molecule has 1 amide bonds. The van der Waals surface area contributed by atoms with Crippen molar-refractivity contribution >= 4 is 19.4 Å². The monoisotopic (exact) mass is 422 g/mol. The summed E-state index contributed by atoms with van der Waals surface area (Å²) in [6.07, 6.45) is -5.09. The highest BCUT2D eigenvalue weighted by molar-refractivity contribution is 6.32. The van der Waals surface area contributed by atoms with Crippen LogP contribution in [0.1, 0.15) is 44.8 Å². The van der Waals surface area contributed by atoms with E-state index in [0.717, 1.165) is 10.6 Å². The van der Waals surface area contributed by atoms with E-state index in [2.05, 4.69) is 10.3 Å². The van der Waals surface area contributed by atoms with Crippen LogP contribution in [0.5, 0.6) is 0 Å². The Hall–Kier alpha value is -3.03. The molecular formula is C19H19BF4N4O2. The van der Waals surface area contributed by atoms with Crippen LogP contribution in [0.3, 0.4) is 0 Å². The van der Waals surface area contributed by atoms with E-state index >= 15 is 0 Å². The van der Waals surface area contributed by atoms with Crippen molar-refractivity contribution in [1.82, 2.24) is 14.9 Å². The van der Waals surface area contributed by atoms with Gasteiger partial charge in [-0.05, 0) is 33.8 Å². The zero-order valence-corrected chi connectivity index (χ0v) is 16.8. The summed E-state index contributed by atoms with van der Waals surface area (Å²) in [5.41, 5.74) is -3.72. The zero-order chi connectivity index (χ0) is 22.9. The average molecular weight is 422 g/mol. The molecule has 0 fully saturated rings. The van der Waals surface area contributed by atoms with Crippen molar-refractivity contribution in [2.24, 2.45) is 0 Å². The highest BCUT2D eigenvalue weighted by Gasteiger charge is 2.38. The first-order chi connectivity index (χ1) is 13.6. The molecule has 0 spiro atoms. The van der Waals surface area contributed by atoms with Gasteiger partial charge in [0, 0.05) is 11.8 Å². The largest absolute Gasteiger partial charge is 0.444 e. The van der Waals surface area contributed by atoms with E-state index in [-0.39, 0.29) is 11.0 Å². The maximum Gasteiger partial charge on any atom is 0.434 e. The second kappa shape index (κ2) is 8.01. The van der Waals surface area contributed by atoms with Crippen molar-refractivity contribution < 1.29 is 27.1 Å². The second-order valence-corrected chi connectivity index (χ2v) is 7.89. The summed E-state index contributed by atoms with van der Waals surface area (Å²) in [6, 6.07) is 5.19. The van der Waals surface area contributed by atoms with E-state index in [1.807, 2.05) is 0 Å². The van der Waals surface area contributed by atoms with Crippen LogP contribution in [-0.4, -0.2) is 29.1 Å². The van der Waals surface area contributed by atoms with Gasteiger partial charge < -0.3 is 14.6 Å². The SMILES string of the molecule is [B]c1ccc(F)c(C(C)(Cn2cc(C(F)(F)F)nc2C#N)NC(=O)OC(C)(C)C)c1. The predicted molar refractivity (Wildman–Crippen MR) is 100 cm³/mol. The molecule has 30 heavy (non-hydrogen) atoms. The molecule has 1 N–H and O–H groups in total. The number of alkyl carbamates (subject to hydrolysis) is 1. The lowest BCUT2D eigenvalue weighted by Gasteiger charge is -2.33. The van der Waals surface area contributed by atoms with Crippen molar-refractivity contribution in [1.29, 1.82) is 5.26 Å². The number of aromatic nitrogens is 2. The highest BCUT2D eigenvalue weighted by atomic mass is 19.4. The first kappa shape index (κ1) is 23.3. The van der Waals surface area contributed by atoms with Crippen LogP contribution >= 0.6 is 0 Å². The van der Waals surface area contributed by atoms with E-state index in [0.29, 0.717) is 6.20 Å². The second-order valence-electron chi connectivity index (χ2n) is 7.89. The third kappa shape index (κ3) is 5.52. The summed E-state index contributed by atoms with van der Waals surface area (Å²) in [6.45, 7) is 5.78. The van der Waals surface area contributed by atoms with Gasteiger partial charge in [-0.2, -0.15) is 18.4 Å². The molecule has 2 aromatic rings. The number of imidazole rings is 1. The number of carbonyl (C=O) groups is 1. The Morgan fingerprint density at radius 3 is 2.47 bits per heavy atom. The van der Waals surface area contributed by atoms with Gasteiger partial charge in [0.1, 0.15) is 25.3 Å². The summed E-state index contributed by atoms with van der Waals surface area (Å²) in [5, 5.41) is 11.7. The van der Waals surface area contributed by atoms with Gasteiger partial charge in [-0.25, -0.2) is 14.2 Å². The number of hydrogen-bond donors (Lipinski definition) is 1. The number of amides is 1. The number of hydrogen-bond acceptors (Lipinski definition) is 4. The predicted octanol–water partition coefficient (Wildman–Crippen LogP) is 3.15. The molecule has 11 heteroatoms. The fourth-order valence-corrected chi connectivity index (χ4v) is 2.79. The Bertz CT molecular complexity index is 992. The molecule has 0 bridgehead atoms. The third-order valence-corrected chi connectivity index (χ3v) is 4.02. The summed E-state index contributed by atoms with van der Waals surface area (Å²) in [4.78, 5) is 15.7. The minimum absolute atomic E-state index is 0.0977. The molecule has 0 aliphatic heterocycles. The van der Waals surface area contributed by atoms with Crippen molar-refractivity contribution in [3.05, 3.63) is 47.3 Å². The molecule has 1 aromatic carbocycles. The van der Waals surface area contributed by atoms with E-state index in [1.54, 1.807) is 26.8 Å². The number of ether oxygens (including phenoxy) is 1. The lowest BCUT2D eigenvalue weighted by atomic mass is 9.85. The normalized spacial score (nSPS) is 14.0. The summed E-state index contributed by atoms with van der Waals surface area (Å²) >= 11 is 0. The average Bonchev–Trinajstić information content (AvgIpc) is 2.97. The molecule has 1 heterocycles. The highest BCUT2D eigenvalue weighted by Crippen LogP contribution is 2.31. The fraction of sp³-hybridized carbons (Fsp3) is 0.421. The number of nitrogens with zero attached hydrogens (tertiary/aromatic N) is 3. The fourth-order valence-electron chi connectivity index (χ4n) is 2.79. The Morgan fingerprint density at radius 1 is 1.30 bits per heavy atom. The quantitative estimate of drug-likeness (QED) is 0.607. The number of nitrogens with one attached hydrogen (secondary N) is 1. The van der Waals surface area contributed by atoms with Crippen LogP contribution in [0.2, 0.25) is 0 Å². The van der Waals surface area contributed by atoms with Gasteiger partial charge in [-0.1, -0.05) is 17.6 Å². The first-order valence-corrected chi connectivity index (χ1v) is 8.76. The molecule has 1 aromatic heterocycles. The Morgan fingerprint density at radius 2 is 1.93 bits per heavy atom. The van der Waals surface area contributed by atoms with Crippen LogP contribution < -0.4 is 10.8 Å². The molecule has 2 rings (SSSR count). The molecule has 1 atom stereocenters. The molecular weight excluding hydrogens is 403 g/mol. The maximum atomic E-state index is 14.6. The smallest absolute Gasteiger partial charge is 0.434 e. The lowest BCUT2D eigenvalue weighted by molar-refractivity contribution is -0.141. The molecule has 0 saturated carbocycles. The van der Waals surface area contributed by atoms with Crippen molar-refractivity contribution in [2.75, 3.05) is 0 Å². The van der Waals surface area contributed by atoms with Crippen molar-refractivity contribution in [3.8, 4) is 6.07 Å². The van der Waals surface area contributed by atoms with Gasteiger partial charge >= 0.3 is 12.3 Å². The van der Waals surface area contributed by atoms with Gasteiger partial charge in [-0.3, -0.25) is 0 Å². The van der Waals surface area contributed by atoms with Crippen LogP contribution in [0.25, 0.3) is 0 Å². The van der Waals surface area contributed by atoms with E-state index in [4.69, 9.17) is 12.6 Å². The van der Waals surface area contributed by atoms with Gasteiger partial charge in [0.15, 0.2) is 5.69 Å². The Labute approximate surface area is 172 Å². The standard InChI is InChI=1S/C19H19BF4N4O2/c1-17(2,3)30-16(29)27-18(4,12-7-11(20)5-6-13(12)21)10-28-9-14(19(22,23)24)26-15(28)8-25/h5-7,9H,10H2,1-4H3,(H,27,29). The molecule has 1 unspecified atom stereocenters. The third-order valence-electron chi connectivity index (χ3n) is 4.02. The van der Waals surface area contributed by atoms with Gasteiger partial charge in [-0.15, -0.1) is 0 Å². The minimum Gasteiger partial charge on any atom is -0.444 e. The summed E-state index contributed by atoms with van der Waals surface area (Å²) in [5.74, 6) is -1.30. The molecule has 0 saturated heterocycles. The molecule has 6 nitrogen and oxygen atoms in total. The summed E-state index contributed by atoms with van der Waals surface area (Å²) in [7, 11) is 5.74. The number of carbonyl (C=O) groups excluding carboxylic acids is 1. The maximum absolute atomic E-state index is 14.6. The van der Waals surface area contributed by atoms with Crippen molar-refractivity contribution in [3.63, 3.8) is 0 Å². The van der Waals surface area contributed by atoms with Gasteiger partial charge in [0.05, 0.1) is 12.1 Å². The lowest BCUT2D eigenvalue weighted by Crippen LogP contribution is -2.49. The van der Waals surface area contributed by atoms with E-state index < -0.39 is 47.3 Å². The summed E-state index contributed by atoms with van der Waals surface area (Å²) < 4.78 is 59.8. The zero-order valence-electron chi connectivity index (χ0n) is 16.8. The Balaban J connectivity index is 2.55. The van der Waals surface area contributed by atoms with Crippen LogP contribution in [0.4, 0.5) is 22.4 Å². The molecule has 158 valence electrons. The molecule has 0 aliphatic carbocycles.